The lowest BCUT2D eigenvalue weighted by atomic mass is 9.83. The number of aliphatic hydroxyl groups is 1. The molecule has 0 bridgehead atoms. The number of carbonyl (C=O) groups is 1. The van der Waals surface area contributed by atoms with Crippen molar-refractivity contribution in [1.29, 1.82) is 0 Å². The van der Waals surface area contributed by atoms with Crippen molar-refractivity contribution in [3.05, 3.63) is 124 Å². The van der Waals surface area contributed by atoms with Gasteiger partial charge in [-0.05, 0) is 78.5 Å². The second kappa shape index (κ2) is 11.4. The molecule has 3 atom stereocenters. The van der Waals surface area contributed by atoms with Crippen LogP contribution in [0.2, 0.25) is 0 Å². The van der Waals surface area contributed by atoms with Gasteiger partial charge in [-0.1, -0.05) is 91.7 Å². The van der Waals surface area contributed by atoms with Gasteiger partial charge in [0.25, 0.3) is 0 Å². The Hall–Kier alpha value is -3.76. The minimum Gasteiger partial charge on any atom is -0.394 e. The molecular formula is C36H38N2O2. The van der Waals surface area contributed by atoms with Crippen LogP contribution in [0.1, 0.15) is 82.8 Å². The molecule has 0 saturated heterocycles. The first-order valence-corrected chi connectivity index (χ1v) is 14.7. The van der Waals surface area contributed by atoms with Gasteiger partial charge in [-0.25, -0.2) is 0 Å². The first-order chi connectivity index (χ1) is 19.5. The molecule has 1 heterocycles. The Bertz CT molecular complexity index is 1490. The third-order valence-electron chi connectivity index (χ3n) is 8.94. The van der Waals surface area contributed by atoms with Gasteiger partial charge < -0.3 is 10.4 Å². The molecule has 4 nitrogen and oxygen atoms in total. The van der Waals surface area contributed by atoms with Crippen LogP contribution in [0.3, 0.4) is 0 Å². The fraction of sp³-hybridized carbons (Fsp3) is 0.333. The van der Waals surface area contributed by atoms with Gasteiger partial charge >= 0.3 is 0 Å². The molecule has 2 N–H and O–H groups in total. The van der Waals surface area contributed by atoms with Crippen LogP contribution < -0.4 is 5.32 Å². The summed E-state index contributed by atoms with van der Waals surface area (Å²) in [5, 5.41) is 13.2. The van der Waals surface area contributed by atoms with Crippen molar-refractivity contribution in [3.8, 4) is 11.1 Å². The molecule has 2 aliphatic rings. The van der Waals surface area contributed by atoms with E-state index in [4.69, 9.17) is 4.98 Å². The van der Waals surface area contributed by atoms with E-state index in [1.54, 1.807) is 0 Å². The van der Waals surface area contributed by atoms with Gasteiger partial charge in [0.2, 0.25) is 5.91 Å². The standard InChI is InChI=1S/C36H38N2O2/c1-23-20-24(2)37-35-31(29-14-8-9-15-30(29)33(23)35)21-25-16-18-28(19-17-25)34(27-12-6-7-13-27)36(40)38-32(22-39)26-10-4-3-5-11-26/h3-5,8-11,14-20,27,31-32,34,39H,6-7,12-13,21-22H2,1-2H3,(H,38,40)/t31?,32-,34-/m0/s1. The highest BCUT2D eigenvalue weighted by atomic mass is 16.3. The van der Waals surface area contributed by atoms with Crippen LogP contribution in [0, 0.1) is 19.8 Å². The number of amides is 1. The summed E-state index contributed by atoms with van der Waals surface area (Å²) in [6, 6.07) is 29.0. The van der Waals surface area contributed by atoms with Gasteiger partial charge in [0.05, 0.1) is 24.3 Å². The number of carbonyl (C=O) groups excluding carboxylic acids is 1. The van der Waals surface area contributed by atoms with Gasteiger partial charge in [0.1, 0.15) is 0 Å². The van der Waals surface area contributed by atoms with Crippen LogP contribution in [0.4, 0.5) is 0 Å². The number of pyridine rings is 1. The van der Waals surface area contributed by atoms with E-state index in [-0.39, 0.29) is 24.3 Å². The lowest BCUT2D eigenvalue weighted by Crippen LogP contribution is -2.37. The van der Waals surface area contributed by atoms with E-state index in [1.807, 2.05) is 30.3 Å². The Morgan fingerprint density at radius 1 is 0.925 bits per heavy atom. The largest absolute Gasteiger partial charge is 0.394 e. The number of nitrogens with one attached hydrogen (secondary N) is 1. The first-order valence-electron chi connectivity index (χ1n) is 14.7. The molecule has 4 aromatic rings. The van der Waals surface area contributed by atoms with Gasteiger partial charge in [-0.2, -0.15) is 0 Å². The summed E-state index contributed by atoms with van der Waals surface area (Å²) in [5.41, 5.74) is 10.7. The van der Waals surface area contributed by atoms with Crippen molar-refractivity contribution >= 4 is 5.91 Å². The molecule has 6 rings (SSSR count). The van der Waals surface area contributed by atoms with Crippen LogP contribution in [-0.2, 0) is 11.2 Å². The maximum atomic E-state index is 13.7. The van der Waals surface area contributed by atoms with E-state index >= 15 is 0 Å². The predicted octanol–water partition coefficient (Wildman–Crippen LogP) is 7.18. The maximum absolute atomic E-state index is 13.7. The molecular weight excluding hydrogens is 492 g/mol. The predicted molar refractivity (Wildman–Crippen MR) is 160 cm³/mol. The van der Waals surface area contributed by atoms with Crippen molar-refractivity contribution in [3.63, 3.8) is 0 Å². The number of aryl methyl sites for hydroxylation is 2. The summed E-state index contributed by atoms with van der Waals surface area (Å²) in [6.45, 7) is 4.15. The summed E-state index contributed by atoms with van der Waals surface area (Å²) in [5.74, 6) is 0.344. The average molecular weight is 531 g/mol. The summed E-state index contributed by atoms with van der Waals surface area (Å²) >= 11 is 0. The highest BCUT2D eigenvalue weighted by Gasteiger charge is 2.34. The number of rotatable bonds is 8. The van der Waals surface area contributed by atoms with Crippen LogP contribution in [0.15, 0.2) is 84.9 Å². The number of benzene rings is 3. The molecule has 0 spiro atoms. The van der Waals surface area contributed by atoms with Crippen molar-refractivity contribution in [1.82, 2.24) is 10.3 Å². The van der Waals surface area contributed by atoms with Crippen molar-refractivity contribution < 1.29 is 9.90 Å². The Morgan fingerprint density at radius 2 is 1.62 bits per heavy atom. The van der Waals surface area contributed by atoms with Crippen molar-refractivity contribution in [2.24, 2.45) is 5.92 Å². The molecule has 1 saturated carbocycles. The number of aliphatic hydroxyl groups excluding tert-OH is 1. The molecule has 4 heteroatoms. The summed E-state index contributed by atoms with van der Waals surface area (Å²) in [4.78, 5) is 18.8. The fourth-order valence-electron chi connectivity index (χ4n) is 7.06. The van der Waals surface area contributed by atoms with Crippen molar-refractivity contribution in [2.45, 2.75) is 63.8 Å². The molecule has 40 heavy (non-hydrogen) atoms. The zero-order chi connectivity index (χ0) is 27.6. The molecule has 1 fully saturated rings. The van der Waals surface area contributed by atoms with Crippen LogP contribution in [0.25, 0.3) is 11.1 Å². The zero-order valence-corrected chi connectivity index (χ0v) is 23.4. The van der Waals surface area contributed by atoms with Gasteiger partial charge in [-0.3, -0.25) is 9.78 Å². The van der Waals surface area contributed by atoms with E-state index in [1.165, 1.54) is 46.4 Å². The summed E-state index contributed by atoms with van der Waals surface area (Å²) in [7, 11) is 0. The van der Waals surface area contributed by atoms with Crippen LogP contribution in [-0.4, -0.2) is 22.6 Å². The Balaban J connectivity index is 1.26. The minimum atomic E-state index is -0.404. The lowest BCUT2D eigenvalue weighted by Gasteiger charge is -2.26. The van der Waals surface area contributed by atoms with E-state index in [2.05, 4.69) is 73.8 Å². The molecule has 1 aromatic heterocycles. The monoisotopic (exact) mass is 530 g/mol. The highest BCUT2D eigenvalue weighted by molar-refractivity contribution is 5.84. The van der Waals surface area contributed by atoms with E-state index < -0.39 is 6.04 Å². The van der Waals surface area contributed by atoms with E-state index in [0.717, 1.165) is 36.1 Å². The highest BCUT2D eigenvalue weighted by Crippen LogP contribution is 2.47. The maximum Gasteiger partial charge on any atom is 0.228 e. The topological polar surface area (TPSA) is 62.2 Å². The quantitative estimate of drug-likeness (QED) is 0.254. The van der Waals surface area contributed by atoms with E-state index in [9.17, 15) is 9.90 Å². The van der Waals surface area contributed by atoms with E-state index in [0.29, 0.717) is 5.92 Å². The zero-order valence-electron chi connectivity index (χ0n) is 23.4. The Labute approximate surface area is 237 Å². The fourth-order valence-corrected chi connectivity index (χ4v) is 7.06. The number of aromatic nitrogens is 1. The second-order valence-electron chi connectivity index (χ2n) is 11.6. The molecule has 3 aromatic carbocycles. The lowest BCUT2D eigenvalue weighted by molar-refractivity contribution is -0.124. The van der Waals surface area contributed by atoms with Crippen molar-refractivity contribution in [2.75, 3.05) is 6.61 Å². The molecule has 0 radical (unpaired) electrons. The SMILES string of the molecule is Cc1cc(C)c2c(n1)C(Cc1ccc([C@@H](C(=O)N[C@@H](CO)c3ccccc3)C3CCCC3)cc1)c1ccccc1-2. The van der Waals surface area contributed by atoms with Gasteiger partial charge in [-0.15, -0.1) is 0 Å². The Kier molecular flexibility index (Phi) is 7.53. The second-order valence-corrected chi connectivity index (χ2v) is 11.6. The first kappa shape index (κ1) is 26.5. The number of nitrogens with zero attached hydrogens (tertiary/aromatic N) is 1. The van der Waals surface area contributed by atoms with Gasteiger partial charge in [0.15, 0.2) is 0 Å². The Morgan fingerprint density at radius 3 is 2.35 bits per heavy atom. The number of hydrogen-bond acceptors (Lipinski definition) is 3. The molecule has 2 aliphatic carbocycles. The summed E-state index contributed by atoms with van der Waals surface area (Å²) in [6.07, 6.45) is 5.34. The summed E-state index contributed by atoms with van der Waals surface area (Å²) < 4.78 is 0. The molecule has 204 valence electrons. The smallest absolute Gasteiger partial charge is 0.228 e. The molecule has 1 amide bonds. The average Bonchev–Trinajstić information content (AvgIpc) is 3.60. The molecule has 0 aliphatic heterocycles. The normalized spacial score (nSPS) is 17.7. The number of fused-ring (bicyclic) bond motifs is 3. The third kappa shape index (κ3) is 5.09. The van der Waals surface area contributed by atoms with Crippen LogP contribution in [0.5, 0.6) is 0 Å². The number of hydrogen-bond donors (Lipinski definition) is 2. The van der Waals surface area contributed by atoms with Gasteiger partial charge in [0, 0.05) is 17.2 Å². The molecule has 1 unspecified atom stereocenters. The third-order valence-corrected chi connectivity index (χ3v) is 8.94. The minimum absolute atomic E-state index is 0.0105. The van der Waals surface area contributed by atoms with Crippen LogP contribution >= 0.6 is 0 Å².